The second-order valence-corrected chi connectivity index (χ2v) is 4.64. The van der Waals surface area contributed by atoms with Crippen molar-refractivity contribution >= 4 is 52.8 Å². The molecular weight excluding hydrogens is 255 g/mol. The standard InChI is InChI=1S/C6H6ClNOS.Cl2HN/c7-4-2-8-5(9)1-6(8)10-3-4;1-3-2/h2,6H,1,3H2;3H/t6-;/m1./s1. The number of hydrogen-bond donors (Lipinski definition) is 1. The number of rotatable bonds is 0. The van der Waals surface area contributed by atoms with Crippen LogP contribution in [0.3, 0.4) is 0 Å². The van der Waals surface area contributed by atoms with Crippen molar-refractivity contribution in [3.8, 4) is 0 Å². The van der Waals surface area contributed by atoms with Gasteiger partial charge in [0.15, 0.2) is 0 Å². The minimum Gasteiger partial charge on any atom is -0.305 e. The van der Waals surface area contributed by atoms with Gasteiger partial charge in [-0.3, -0.25) is 4.79 Å². The van der Waals surface area contributed by atoms with E-state index >= 15 is 0 Å². The number of hydrogen-bond acceptors (Lipinski definition) is 3. The summed E-state index contributed by atoms with van der Waals surface area (Å²) in [6.07, 6.45) is 2.43. The molecule has 0 spiro atoms. The number of β-lactam (4-membered cyclic amide) rings is 1. The van der Waals surface area contributed by atoms with Crippen LogP contribution in [0.4, 0.5) is 0 Å². The van der Waals surface area contributed by atoms with Crippen molar-refractivity contribution in [2.24, 2.45) is 0 Å². The summed E-state index contributed by atoms with van der Waals surface area (Å²) in [5, 5.41) is 1.16. The molecule has 1 amide bonds. The van der Waals surface area contributed by atoms with E-state index in [0.29, 0.717) is 11.8 Å². The predicted molar refractivity (Wildman–Crippen MR) is 56.5 cm³/mol. The molecule has 3 nitrogen and oxygen atoms in total. The number of amides is 1. The van der Waals surface area contributed by atoms with Crippen LogP contribution in [0.1, 0.15) is 6.42 Å². The van der Waals surface area contributed by atoms with E-state index in [4.69, 9.17) is 11.6 Å². The van der Waals surface area contributed by atoms with Gasteiger partial charge in [0, 0.05) is 17.0 Å². The minimum absolute atomic E-state index is 0.190. The molecular formula is C6H7Cl3N2OS. The summed E-state index contributed by atoms with van der Waals surface area (Å²) in [5.41, 5.74) is 0. The van der Waals surface area contributed by atoms with Gasteiger partial charge < -0.3 is 4.90 Å². The molecule has 0 bridgehead atoms. The molecule has 2 aliphatic rings. The van der Waals surface area contributed by atoms with Crippen LogP contribution in [0.15, 0.2) is 11.2 Å². The van der Waals surface area contributed by atoms with Crippen LogP contribution >= 0.6 is 46.9 Å². The van der Waals surface area contributed by atoms with Gasteiger partial charge in [-0.15, -0.1) is 16.1 Å². The molecule has 0 saturated carbocycles. The second-order valence-electron chi connectivity index (χ2n) is 2.42. The highest BCUT2D eigenvalue weighted by molar-refractivity contribution is 8.00. The molecule has 74 valence electrons. The van der Waals surface area contributed by atoms with Crippen LogP contribution < -0.4 is 4.35 Å². The van der Waals surface area contributed by atoms with E-state index in [1.165, 1.54) is 0 Å². The topological polar surface area (TPSA) is 32.3 Å². The average molecular weight is 262 g/mol. The molecule has 0 aromatic rings. The fraction of sp³-hybridized carbons (Fsp3) is 0.500. The van der Waals surface area contributed by atoms with Gasteiger partial charge >= 0.3 is 0 Å². The van der Waals surface area contributed by atoms with Crippen LogP contribution in [0, 0.1) is 0 Å². The number of thioether (sulfide) groups is 1. The normalized spacial score (nSPS) is 25.2. The molecule has 2 aliphatic heterocycles. The molecule has 2 heterocycles. The Morgan fingerprint density at radius 1 is 1.62 bits per heavy atom. The van der Waals surface area contributed by atoms with Crippen molar-refractivity contribution in [3.05, 3.63) is 11.2 Å². The van der Waals surface area contributed by atoms with Crippen molar-refractivity contribution in [1.82, 2.24) is 9.25 Å². The molecule has 0 aromatic heterocycles. The van der Waals surface area contributed by atoms with E-state index in [0.717, 1.165) is 10.8 Å². The molecule has 1 atom stereocenters. The Morgan fingerprint density at radius 2 is 2.23 bits per heavy atom. The minimum atomic E-state index is 0.190. The lowest BCUT2D eigenvalue weighted by Crippen LogP contribution is -2.48. The van der Waals surface area contributed by atoms with Crippen molar-refractivity contribution in [3.63, 3.8) is 0 Å². The SMILES string of the molecule is ClNCl.O=C1C[C@H]2SCC(Cl)=CN12. The third kappa shape index (κ3) is 2.92. The Labute approximate surface area is 95.6 Å². The fourth-order valence-corrected chi connectivity index (χ4v) is 2.38. The molecule has 1 saturated heterocycles. The lowest BCUT2D eigenvalue weighted by molar-refractivity contribution is -0.137. The van der Waals surface area contributed by atoms with E-state index in [1.807, 2.05) is 0 Å². The highest BCUT2D eigenvalue weighted by Gasteiger charge is 2.37. The predicted octanol–water partition coefficient (Wildman–Crippen LogP) is 2.26. The summed E-state index contributed by atoms with van der Waals surface area (Å²) in [7, 11) is 0. The molecule has 0 unspecified atom stereocenters. The van der Waals surface area contributed by atoms with E-state index in [-0.39, 0.29) is 5.91 Å². The summed E-state index contributed by atoms with van der Waals surface area (Å²) < 4.78 is 1.69. The molecule has 2 rings (SSSR count). The first kappa shape index (κ1) is 11.5. The van der Waals surface area contributed by atoms with Gasteiger partial charge in [-0.1, -0.05) is 11.6 Å². The Hall–Kier alpha value is 0.390. The molecule has 1 N–H and O–H groups in total. The Bertz CT molecular complexity index is 236. The zero-order valence-corrected chi connectivity index (χ0v) is 9.55. The number of fused-ring (bicyclic) bond motifs is 1. The van der Waals surface area contributed by atoms with E-state index in [1.54, 1.807) is 27.2 Å². The number of nitrogens with zero attached hydrogens (tertiary/aromatic N) is 1. The van der Waals surface area contributed by atoms with Gasteiger partial charge in [-0.2, -0.15) is 0 Å². The zero-order chi connectivity index (χ0) is 9.84. The summed E-state index contributed by atoms with van der Waals surface area (Å²) in [6.45, 7) is 0. The lowest BCUT2D eigenvalue weighted by Gasteiger charge is -2.40. The van der Waals surface area contributed by atoms with Crippen LogP contribution in [0.5, 0.6) is 0 Å². The molecule has 0 aliphatic carbocycles. The van der Waals surface area contributed by atoms with Gasteiger partial charge in [0.25, 0.3) is 0 Å². The summed E-state index contributed by atoms with van der Waals surface area (Å²) in [4.78, 5) is 12.5. The third-order valence-electron chi connectivity index (χ3n) is 1.64. The van der Waals surface area contributed by atoms with E-state index in [9.17, 15) is 4.79 Å². The van der Waals surface area contributed by atoms with Crippen LogP contribution in [0.2, 0.25) is 0 Å². The zero-order valence-electron chi connectivity index (χ0n) is 6.47. The van der Waals surface area contributed by atoms with Crippen molar-refractivity contribution in [1.29, 1.82) is 0 Å². The van der Waals surface area contributed by atoms with Gasteiger partial charge in [0.2, 0.25) is 5.91 Å². The van der Waals surface area contributed by atoms with E-state index < -0.39 is 0 Å². The first-order chi connectivity index (χ1) is 6.19. The quantitative estimate of drug-likeness (QED) is 0.536. The largest absolute Gasteiger partial charge is 0.305 e. The van der Waals surface area contributed by atoms with Crippen LogP contribution in [-0.2, 0) is 4.79 Å². The van der Waals surface area contributed by atoms with Gasteiger partial charge in [0.05, 0.1) is 11.8 Å². The highest BCUT2D eigenvalue weighted by Crippen LogP contribution is 2.36. The number of carbonyl (C=O) groups excluding carboxylic acids is 1. The number of halogens is 3. The highest BCUT2D eigenvalue weighted by atomic mass is 35.5. The van der Waals surface area contributed by atoms with Gasteiger partial charge in [0.1, 0.15) is 0 Å². The fourth-order valence-electron chi connectivity index (χ4n) is 1.06. The van der Waals surface area contributed by atoms with Crippen LogP contribution in [0.25, 0.3) is 0 Å². The molecule has 0 radical (unpaired) electrons. The van der Waals surface area contributed by atoms with Gasteiger partial charge in [-0.25, -0.2) is 0 Å². The molecule has 13 heavy (non-hydrogen) atoms. The first-order valence-electron chi connectivity index (χ1n) is 3.44. The van der Waals surface area contributed by atoms with Crippen LogP contribution in [-0.4, -0.2) is 21.9 Å². The third-order valence-corrected chi connectivity index (χ3v) is 3.29. The lowest BCUT2D eigenvalue weighted by atomic mass is 10.2. The van der Waals surface area contributed by atoms with E-state index in [2.05, 4.69) is 23.6 Å². The van der Waals surface area contributed by atoms with Crippen molar-refractivity contribution < 1.29 is 4.79 Å². The average Bonchev–Trinajstić information content (AvgIpc) is 2.09. The second kappa shape index (κ2) is 5.32. The number of carbonyl (C=O) groups is 1. The summed E-state index contributed by atoms with van der Waals surface area (Å²) in [5.74, 6) is 1.05. The molecule has 0 aromatic carbocycles. The monoisotopic (exact) mass is 260 g/mol. The summed E-state index contributed by atoms with van der Waals surface area (Å²) >= 11 is 16.5. The molecule has 7 heteroatoms. The maximum Gasteiger partial charge on any atom is 0.230 e. The molecule has 1 fully saturated rings. The smallest absolute Gasteiger partial charge is 0.230 e. The first-order valence-corrected chi connectivity index (χ1v) is 5.62. The Balaban J connectivity index is 0.000000251. The Morgan fingerprint density at radius 3 is 2.69 bits per heavy atom. The maximum atomic E-state index is 10.8. The number of nitrogens with one attached hydrogen (secondary N) is 1. The Kier molecular flexibility index (Phi) is 4.69. The van der Waals surface area contributed by atoms with Crippen molar-refractivity contribution in [2.75, 3.05) is 5.75 Å². The maximum absolute atomic E-state index is 10.8. The van der Waals surface area contributed by atoms with Gasteiger partial charge in [-0.05, 0) is 23.6 Å². The summed E-state index contributed by atoms with van der Waals surface area (Å²) in [6, 6.07) is 0. The van der Waals surface area contributed by atoms with Crippen molar-refractivity contribution in [2.45, 2.75) is 11.8 Å².